The molecule has 14 heavy (non-hydrogen) atoms. The molecule has 1 fully saturated rings. The fraction of sp³-hybridized carbons (Fsp3) is 1.00. The van der Waals surface area contributed by atoms with Crippen LogP contribution in [0.25, 0.3) is 0 Å². The standard InChI is InChI=1S/C7H12F2O5/c8-7(9)2(1-10)3(11)4(12)5(13)6(7)14/h2-6,10-14H,1H2/t2?,3-,4?,5?,6?/m1/s1. The van der Waals surface area contributed by atoms with Gasteiger partial charge in [-0.25, -0.2) is 8.78 Å². The van der Waals surface area contributed by atoms with Crippen molar-refractivity contribution in [1.29, 1.82) is 0 Å². The largest absolute Gasteiger partial charge is 0.396 e. The van der Waals surface area contributed by atoms with Crippen molar-refractivity contribution in [1.82, 2.24) is 0 Å². The maximum atomic E-state index is 13.1. The second kappa shape index (κ2) is 3.67. The molecule has 7 heteroatoms. The molecule has 0 bridgehead atoms. The van der Waals surface area contributed by atoms with Gasteiger partial charge in [0.1, 0.15) is 18.3 Å². The van der Waals surface area contributed by atoms with Crippen LogP contribution in [0, 0.1) is 5.92 Å². The third-order valence-corrected chi connectivity index (χ3v) is 2.52. The Kier molecular flexibility index (Phi) is 3.07. The summed E-state index contributed by atoms with van der Waals surface area (Å²) in [4.78, 5) is 0. The van der Waals surface area contributed by atoms with Gasteiger partial charge in [0.05, 0.1) is 18.6 Å². The molecule has 1 saturated carbocycles. The summed E-state index contributed by atoms with van der Waals surface area (Å²) in [5.41, 5.74) is 0. The summed E-state index contributed by atoms with van der Waals surface area (Å²) in [7, 11) is 0. The predicted octanol–water partition coefficient (Wildman–Crippen LogP) is -2.31. The topological polar surface area (TPSA) is 101 Å². The summed E-state index contributed by atoms with van der Waals surface area (Å²) < 4.78 is 26.2. The Morgan fingerprint density at radius 3 is 1.86 bits per heavy atom. The Hall–Kier alpha value is -0.340. The first-order valence-corrected chi connectivity index (χ1v) is 4.05. The van der Waals surface area contributed by atoms with E-state index in [-0.39, 0.29) is 0 Å². The molecule has 0 saturated heterocycles. The number of halogens is 2. The number of hydrogen-bond donors (Lipinski definition) is 5. The Morgan fingerprint density at radius 2 is 1.43 bits per heavy atom. The van der Waals surface area contributed by atoms with Crippen molar-refractivity contribution in [3.8, 4) is 0 Å². The van der Waals surface area contributed by atoms with Crippen molar-refractivity contribution in [2.24, 2.45) is 5.92 Å². The molecule has 1 rings (SSSR count). The normalized spacial score (nSPS) is 47.8. The first-order valence-electron chi connectivity index (χ1n) is 4.05. The van der Waals surface area contributed by atoms with Crippen LogP contribution in [0.3, 0.4) is 0 Å². The molecule has 0 heterocycles. The summed E-state index contributed by atoms with van der Waals surface area (Å²) >= 11 is 0. The van der Waals surface area contributed by atoms with Gasteiger partial charge in [-0.05, 0) is 0 Å². The van der Waals surface area contributed by atoms with Crippen molar-refractivity contribution >= 4 is 0 Å². The van der Waals surface area contributed by atoms with Crippen LogP contribution in [-0.4, -0.2) is 62.5 Å². The van der Waals surface area contributed by atoms with Crippen LogP contribution in [-0.2, 0) is 0 Å². The van der Waals surface area contributed by atoms with Crippen LogP contribution < -0.4 is 0 Å². The van der Waals surface area contributed by atoms with E-state index >= 15 is 0 Å². The zero-order valence-corrected chi connectivity index (χ0v) is 7.09. The van der Waals surface area contributed by atoms with Gasteiger partial charge in [-0.3, -0.25) is 0 Å². The summed E-state index contributed by atoms with van der Waals surface area (Å²) in [6.07, 6.45) is -8.46. The quantitative estimate of drug-likeness (QED) is 0.337. The van der Waals surface area contributed by atoms with Gasteiger partial charge in [-0.1, -0.05) is 0 Å². The van der Waals surface area contributed by atoms with E-state index in [1.54, 1.807) is 0 Å². The third-order valence-electron chi connectivity index (χ3n) is 2.52. The molecule has 0 aromatic rings. The zero-order chi connectivity index (χ0) is 11.1. The lowest BCUT2D eigenvalue weighted by molar-refractivity contribution is -0.273. The van der Waals surface area contributed by atoms with Gasteiger partial charge in [-0.2, -0.15) is 0 Å². The molecule has 0 amide bonds. The van der Waals surface area contributed by atoms with Gasteiger partial charge >= 0.3 is 0 Å². The van der Waals surface area contributed by atoms with Gasteiger partial charge in [0.2, 0.25) is 0 Å². The highest BCUT2D eigenvalue weighted by Crippen LogP contribution is 2.38. The molecule has 4 unspecified atom stereocenters. The molecule has 1 aliphatic rings. The number of hydrogen-bond acceptors (Lipinski definition) is 5. The molecule has 0 aliphatic heterocycles. The predicted molar refractivity (Wildman–Crippen MR) is 39.6 cm³/mol. The van der Waals surface area contributed by atoms with E-state index in [1.807, 2.05) is 0 Å². The first kappa shape index (κ1) is 11.7. The minimum atomic E-state index is -3.83. The smallest absolute Gasteiger partial charge is 0.283 e. The van der Waals surface area contributed by atoms with Gasteiger partial charge in [0.15, 0.2) is 0 Å². The molecule has 1 aliphatic carbocycles. The Morgan fingerprint density at radius 1 is 0.929 bits per heavy atom. The van der Waals surface area contributed by atoms with Crippen molar-refractivity contribution in [3.05, 3.63) is 0 Å². The van der Waals surface area contributed by atoms with Gasteiger partial charge in [0, 0.05) is 0 Å². The molecular formula is C7H12F2O5. The lowest BCUT2D eigenvalue weighted by Crippen LogP contribution is -2.65. The second-order valence-corrected chi connectivity index (χ2v) is 3.38. The molecule has 0 spiro atoms. The van der Waals surface area contributed by atoms with Crippen LogP contribution in [0.4, 0.5) is 8.78 Å². The Bertz CT molecular complexity index is 212. The maximum Gasteiger partial charge on any atom is 0.283 e. The highest BCUT2D eigenvalue weighted by Gasteiger charge is 2.60. The molecule has 5 nitrogen and oxygen atoms in total. The number of aliphatic hydroxyl groups is 5. The van der Waals surface area contributed by atoms with Gasteiger partial charge in [0.25, 0.3) is 5.92 Å². The lowest BCUT2D eigenvalue weighted by Gasteiger charge is -2.43. The molecular weight excluding hydrogens is 202 g/mol. The van der Waals surface area contributed by atoms with Crippen LogP contribution in [0.5, 0.6) is 0 Å². The molecule has 5 atom stereocenters. The lowest BCUT2D eigenvalue weighted by atomic mass is 9.78. The summed E-state index contributed by atoms with van der Waals surface area (Å²) in [5.74, 6) is -5.80. The summed E-state index contributed by atoms with van der Waals surface area (Å²) in [6, 6.07) is 0. The number of aliphatic hydroxyl groups excluding tert-OH is 5. The third kappa shape index (κ3) is 1.51. The van der Waals surface area contributed by atoms with E-state index in [4.69, 9.17) is 25.5 Å². The monoisotopic (exact) mass is 214 g/mol. The van der Waals surface area contributed by atoms with Crippen LogP contribution in [0.2, 0.25) is 0 Å². The first-order chi connectivity index (χ1) is 6.34. The second-order valence-electron chi connectivity index (χ2n) is 3.38. The Labute approximate surface area is 78.2 Å². The Balaban J connectivity index is 2.96. The minimum Gasteiger partial charge on any atom is -0.396 e. The molecule has 0 radical (unpaired) electrons. The number of alkyl halides is 2. The molecule has 0 aromatic heterocycles. The molecule has 0 aromatic carbocycles. The summed E-state index contributed by atoms with van der Waals surface area (Å²) in [5, 5.41) is 44.6. The van der Waals surface area contributed by atoms with E-state index in [0.717, 1.165) is 0 Å². The van der Waals surface area contributed by atoms with Gasteiger partial charge in [-0.15, -0.1) is 0 Å². The average molecular weight is 214 g/mol. The van der Waals surface area contributed by atoms with Crippen molar-refractivity contribution in [2.45, 2.75) is 30.3 Å². The van der Waals surface area contributed by atoms with Gasteiger partial charge < -0.3 is 25.5 Å². The minimum absolute atomic E-state index is 1.09. The average Bonchev–Trinajstić information content (AvgIpc) is 2.13. The SMILES string of the molecule is OCC1[C@@H](O)C(O)C(O)C(O)C1(F)F. The van der Waals surface area contributed by atoms with Crippen LogP contribution in [0.15, 0.2) is 0 Å². The highest BCUT2D eigenvalue weighted by molar-refractivity contribution is 5.02. The number of rotatable bonds is 1. The van der Waals surface area contributed by atoms with Crippen LogP contribution in [0.1, 0.15) is 0 Å². The van der Waals surface area contributed by atoms with E-state index < -0.39 is 42.9 Å². The fourth-order valence-electron chi connectivity index (χ4n) is 1.53. The van der Waals surface area contributed by atoms with Crippen molar-refractivity contribution in [2.75, 3.05) is 6.61 Å². The maximum absolute atomic E-state index is 13.1. The van der Waals surface area contributed by atoms with E-state index in [1.165, 1.54) is 0 Å². The van der Waals surface area contributed by atoms with E-state index in [9.17, 15) is 8.78 Å². The zero-order valence-electron chi connectivity index (χ0n) is 7.09. The van der Waals surface area contributed by atoms with E-state index in [0.29, 0.717) is 0 Å². The van der Waals surface area contributed by atoms with Crippen molar-refractivity contribution < 1.29 is 34.3 Å². The molecule has 84 valence electrons. The summed E-state index contributed by atoms with van der Waals surface area (Å²) in [6.45, 7) is -1.09. The fourth-order valence-corrected chi connectivity index (χ4v) is 1.53. The highest BCUT2D eigenvalue weighted by atomic mass is 19.3. The van der Waals surface area contributed by atoms with Crippen LogP contribution >= 0.6 is 0 Å². The van der Waals surface area contributed by atoms with E-state index in [2.05, 4.69) is 0 Å². The molecule has 5 N–H and O–H groups in total. The van der Waals surface area contributed by atoms with Crippen molar-refractivity contribution in [3.63, 3.8) is 0 Å².